The van der Waals surface area contributed by atoms with E-state index in [-0.39, 0.29) is 22.9 Å². The number of benzene rings is 2. The molecule has 0 unspecified atom stereocenters. The molecule has 13 heteroatoms. The number of rotatable bonds is 7. The summed E-state index contributed by atoms with van der Waals surface area (Å²) in [4.78, 5) is 46.0. The van der Waals surface area contributed by atoms with Crippen molar-refractivity contribution in [3.05, 3.63) is 92.4 Å². The Morgan fingerprint density at radius 1 is 0.912 bits per heavy atom. The van der Waals surface area contributed by atoms with Crippen molar-refractivity contribution in [2.75, 3.05) is 10.7 Å². The van der Waals surface area contributed by atoms with Gasteiger partial charge in [0.2, 0.25) is 11.6 Å². The summed E-state index contributed by atoms with van der Waals surface area (Å²) in [5.74, 6) is -1.05. The van der Waals surface area contributed by atoms with Crippen LogP contribution in [0.5, 0.6) is 0 Å². The van der Waals surface area contributed by atoms with E-state index < -0.39 is 21.4 Å². The summed E-state index contributed by atoms with van der Waals surface area (Å²) >= 11 is 0. The summed E-state index contributed by atoms with van der Waals surface area (Å²) in [6, 6.07) is 13.9. The first kappa shape index (κ1) is 22.0. The number of amides is 1. The van der Waals surface area contributed by atoms with Crippen molar-refractivity contribution in [3.63, 3.8) is 0 Å². The van der Waals surface area contributed by atoms with Gasteiger partial charge in [-0.05, 0) is 31.2 Å². The molecule has 2 heterocycles. The molecule has 4 rings (SSSR count). The second-order valence-electron chi connectivity index (χ2n) is 7.01. The molecule has 34 heavy (non-hydrogen) atoms. The van der Waals surface area contributed by atoms with Gasteiger partial charge in [0, 0.05) is 28.8 Å². The summed E-state index contributed by atoms with van der Waals surface area (Å²) in [6.07, 6.45) is 1.10. The number of carbonyl (C=O) groups excluding carboxylic acids is 1. The average Bonchev–Trinajstić information content (AvgIpc) is 2.82. The number of pyridine rings is 1. The number of aromatic nitrogens is 3. The molecule has 170 valence electrons. The van der Waals surface area contributed by atoms with Crippen LogP contribution in [-0.4, -0.2) is 30.7 Å². The van der Waals surface area contributed by atoms with Gasteiger partial charge in [-0.25, -0.2) is 9.97 Å². The highest BCUT2D eigenvalue weighted by molar-refractivity contribution is 5.96. The second-order valence-corrected chi connectivity index (χ2v) is 7.01. The molecule has 0 saturated carbocycles. The highest BCUT2D eigenvalue weighted by atomic mass is 16.6. The van der Waals surface area contributed by atoms with Crippen LogP contribution < -0.4 is 16.2 Å². The minimum atomic E-state index is -0.688. The van der Waals surface area contributed by atoms with Crippen LogP contribution in [0.1, 0.15) is 16.1 Å². The molecule has 0 fully saturated rings. The van der Waals surface area contributed by atoms with Crippen molar-refractivity contribution in [2.45, 2.75) is 6.92 Å². The highest BCUT2D eigenvalue weighted by Gasteiger charge is 2.24. The third kappa shape index (κ3) is 4.52. The van der Waals surface area contributed by atoms with E-state index in [2.05, 4.69) is 31.1 Å². The number of nitrogens with one attached hydrogen (secondary N) is 3. The fourth-order valence-corrected chi connectivity index (χ4v) is 3.13. The first-order valence-corrected chi connectivity index (χ1v) is 9.77. The van der Waals surface area contributed by atoms with E-state index in [0.29, 0.717) is 11.2 Å². The van der Waals surface area contributed by atoms with Gasteiger partial charge in [0.1, 0.15) is 6.33 Å². The molecule has 4 aromatic rings. The lowest BCUT2D eigenvalue weighted by Gasteiger charge is -2.12. The number of non-ortho nitro benzene ring substituents is 1. The fourth-order valence-electron chi connectivity index (χ4n) is 3.13. The number of anilines is 3. The van der Waals surface area contributed by atoms with Crippen molar-refractivity contribution in [1.29, 1.82) is 0 Å². The van der Waals surface area contributed by atoms with Crippen molar-refractivity contribution < 1.29 is 14.6 Å². The Bertz CT molecular complexity index is 1420. The topological polar surface area (TPSA) is 178 Å². The number of para-hydroxylation sites is 1. The zero-order valence-electron chi connectivity index (χ0n) is 17.6. The van der Waals surface area contributed by atoms with E-state index >= 15 is 0 Å². The Morgan fingerprint density at radius 3 is 2.35 bits per heavy atom. The SMILES string of the molecule is Cc1ccc2cccc(Nc3ncnc(NNC(=O)c4ccc([N+](=O)[O-])cc4)c3[N+](=O)[O-])c2n1. The third-order valence-corrected chi connectivity index (χ3v) is 4.75. The van der Waals surface area contributed by atoms with Crippen LogP contribution in [0.2, 0.25) is 0 Å². The van der Waals surface area contributed by atoms with Gasteiger partial charge in [0.25, 0.3) is 11.6 Å². The number of hydrogen-bond donors (Lipinski definition) is 3. The molecule has 0 aliphatic rings. The highest BCUT2D eigenvalue weighted by Crippen LogP contribution is 2.32. The quantitative estimate of drug-likeness (QED) is 0.272. The summed E-state index contributed by atoms with van der Waals surface area (Å²) in [6.45, 7) is 1.83. The van der Waals surface area contributed by atoms with Crippen LogP contribution in [0.15, 0.2) is 60.9 Å². The van der Waals surface area contributed by atoms with Crippen LogP contribution in [0.25, 0.3) is 10.9 Å². The Kier molecular flexibility index (Phi) is 5.90. The Labute approximate surface area is 191 Å². The normalized spacial score (nSPS) is 10.5. The molecule has 0 atom stereocenters. The average molecular weight is 460 g/mol. The van der Waals surface area contributed by atoms with Crippen molar-refractivity contribution in [3.8, 4) is 0 Å². The molecule has 0 bridgehead atoms. The van der Waals surface area contributed by atoms with Gasteiger partial charge in [0.05, 0.1) is 21.1 Å². The van der Waals surface area contributed by atoms with Gasteiger partial charge >= 0.3 is 5.69 Å². The van der Waals surface area contributed by atoms with Crippen LogP contribution in [0.3, 0.4) is 0 Å². The first-order chi connectivity index (χ1) is 16.3. The number of hydrogen-bond acceptors (Lipinski definition) is 10. The zero-order chi connectivity index (χ0) is 24.2. The number of carbonyl (C=O) groups is 1. The van der Waals surface area contributed by atoms with E-state index in [4.69, 9.17) is 0 Å². The maximum Gasteiger partial charge on any atom is 0.355 e. The summed E-state index contributed by atoms with van der Waals surface area (Å²) in [5.41, 5.74) is 6.02. The molecule has 0 radical (unpaired) electrons. The van der Waals surface area contributed by atoms with E-state index in [1.165, 1.54) is 24.3 Å². The minimum absolute atomic E-state index is 0.102. The number of hydrazine groups is 1. The molecule has 3 N–H and O–H groups in total. The van der Waals surface area contributed by atoms with Crippen molar-refractivity contribution in [1.82, 2.24) is 20.4 Å². The number of nitro benzene ring substituents is 1. The molecule has 0 saturated heterocycles. The van der Waals surface area contributed by atoms with E-state index in [1.807, 2.05) is 25.1 Å². The smallest absolute Gasteiger partial charge is 0.332 e. The Morgan fingerprint density at radius 2 is 1.65 bits per heavy atom. The maximum atomic E-state index is 12.4. The Balaban J connectivity index is 1.59. The van der Waals surface area contributed by atoms with Crippen LogP contribution in [0.4, 0.5) is 28.7 Å². The number of aryl methyl sites for hydroxylation is 1. The van der Waals surface area contributed by atoms with Crippen LogP contribution in [0, 0.1) is 27.2 Å². The number of fused-ring (bicyclic) bond motifs is 1. The molecule has 0 spiro atoms. The van der Waals surface area contributed by atoms with Gasteiger partial charge in [-0.3, -0.25) is 40.9 Å². The van der Waals surface area contributed by atoms with Crippen LogP contribution >= 0.6 is 0 Å². The maximum absolute atomic E-state index is 12.4. The van der Waals surface area contributed by atoms with E-state index in [9.17, 15) is 25.0 Å². The Hall–Kier alpha value is -5.20. The number of nitro groups is 2. The monoisotopic (exact) mass is 460 g/mol. The second kappa shape index (κ2) is 9.12. The minimum Gasteiger partial charge on any atom is -0.332 e. The molecule has 2 aromatic heterocycles. The van der Waals surface area contributed by atoms with Crippen LogP contribution in [-0.2, 0) is 0 Å². The molecule has 13 nitrogen and oxygen atoms in total. The lowest BCUT2D eigenvalue weighted by Crippen LogP contribution is -2.30. The third-order valence-electron chi connectivity index (χ3n) is 4.75. The summed E-state index contributed by atoms with van der Waals surface area (Å²) in [5, 5.41) is 26.3. The molecule has 2 aromatic carbocycles. The number of nitrogens with zero attached hydrogens (tertiary/aromatic N) is 5. The van der Waals surface area contributed by atoms with Gasteiger partial charge in [0.15, 0.2) is 0 Å². The molecular weight excluding hydrogens is 444 g/mol. The lowest BCUT2D eigenvalue weighted by molar-refractivity contribution is -0.384. The molecule has 0 aliphatic heterocycles. The van der Waals surface area contributed by atoms with E-state index in [1.54, 1.807) is 12.1 Å². The zero-order valence-corrected chi connectivity index (χ0v) is 17.6. The van der Waals surface area contributed by atoms with Gasteiger partial charge in [-0.1, -0.05) is 18.2 Å². The molecule has 1 amide bonds. The van der Waals surface area contributed by atoms with Crippen molar-refractivity contribution in [2.24, 2.45) is 0 Å². The predicted octanol–water partition coefficient (Wildman–Crippen LogP) is 3.65. The molecular formula is C21H16N8O5. The van der Waals surface area contributed by atoms with Crippen molar-refractivity contribution >= 4 is 45.5 Å². The standard InChI is InChI=1S/C21H16N8O5/c1-12-5-6-13-3-2-4-16(17(13)24-12)25-19-18(29(33)34)20(23-11-22-19)26-27-21(30)14-7-9-15(10-8-14)28(31)32/h2-11H,1H3,(H,27,30)(H2,22,23,25,26). The van der Waals surface area contributed by atoms with E-state index in [0.717, 1.165) is 17.4 Å². The lowest BCUT2D eigenvalue weighted by atomic mass is 10.1. The summed E-state index contributed by atoms with van der Waals surface area (Å²) < 4.78 is 0. The fraction of sp³-hybridized carbons (Fsp3) is 0.0476. The van der Waals surface area contributed by atoms with Gasteiger partial charge in [-0.2, -0.15) is 0 Å². The van der Waals surface area contributed by atoms with Gasteiger partial charge in [-0.15, -0.1) is 0 Å². The molecule has 0 aliphatic carbocycles. The predicted molar refractivity (Wildman–Crippen MR) is 123 cm³/mol. The van der Waals surface area contributed by atoms with Gasteiger partial charge < -0.3 is 5.32 Å². The first-order valence-electron chi connectivity index (χ1n) is 9.77. The summed E-state index contributed by atoms with van der Waals surface area (Å²) in [7, 11) is 0. The largest absolute Gasteiger partial charge is 0.355 e.